The monoisotopic (exact) mass is 331 g/mol. The van der Waals surface area contributed by atoms with Crippen LogP contribution in [0.25, 0.3) is 6.08 Å². The number of rotatable bonds is 6. The van der Waals surface area contributed by atoms with Gasteiger partial charge in [0.25, 0.3) is 0 Å². The van der Waals surface area contributed by atoms with Crippen LogP contribution in [-0.4, -0.2) is 34.1 Å². The highest BCUT2D eigenvalue weighted by atomic mass is 35.5. The van der Waals surface area contributed by atoms with E-state index in [1.165, 1.54) is 12.1 Å². The van der Waals surface area contributed by atoms with Crippen LogP contribution in [0, 0.1) is 0 Å². The minimum atomic E-state index is -1.49. The van der Waals surface area contributed by atoms with Crippen LogP contribution < -0.4 is 5.32 Å². The molecule has 0 saturated carbocycles. The molecule has 1 atom stereocenters. The number of aliphatic carboxylic acids is 2. The van der Waals surface area contributed by atoms with E-state index in [1.807, 2.05) is 0 Å². The molecule has 6 nitrogen and oxygen atoms in total. The summed E-state index contributed by atoms with van der Waals surface area (Å²) in [6.45, 7) is 0. The average molecular weight is 332 g/mol. The van der Waals surface area contributed by atoms with Gasteiger partial charge in [-0.1, -0.05) is 29.3 Å². The number of halogens is 2. The van der Waals surface area contributed by atoms with Gasteiger partial charge in [-0.25, -0.2) is 4.79 Å². The molecular formula is C13H11Cl2NO5. The second kappa shape index (κ2) is 7.66. The van der Waals surface area contributed by atoms with Crippen molar-refractivity contribution >= 4 is 47.1 Å². The number of carboxylic acid groups (broad SMARTS) is 2. The number of carbonyl (C=O) groups is 3. The van der Waals surface area contributed by atoms with Crippen LogP contribution >= 0.6 is 23.2 Å². The lowest BCUT2D eigenvalue weighted by atomic mass is 10.2. The largest absolute Gasteiger partial charge is 0.481 e. The number of carbonyl (C=O) groups excluding carboxylic acids is 1. The third-order valence-corrected chi connectivity index (χ3v) is 3.10. The molecule has 1 amide bonds. The van der Waals surface area contributed by atoms with Crippen molar-refractivity contribution in [3.05, 3.63) is 39.9 Å². The van der Waals surface area contributed by atoms with E-state index in [9.17, 15) is 14.4 Å². The Labute approximate surface area is 130 Å². The Balaban J connectivity index is 2.70. The first-order valence-corrected chi connectivity index (χ1v) is 6.43. The van der Waals surface area contributed by atoms with Gasteiger partial charge in [-0.3, -0.25) is 9.59 Å². The highest BCUT2D eigenvalue weighted by Crippen LogP contribution is 2.23. The zero-order valence-electron chi connectivity index (χ0n) is 10.5. The van der Waals surface area contributed by atoms with Gasteiger partial charge in [0.1, 0.15) is 6.04 Å². The smallest absolute Gasteiger partial charge is 0.326 e. The molecule has 0 aromatic heterocycles. The van der Waals surface area contributed by atoms with Gasteiger partial charge < -0.3 is 15.5 Å². The highest BCUT2D eigenvalue weighted by molar-refractivity contribution is 6.42. The normalized spacial score (nSPS) is 12.1. The number of amides is 1. The Bertz CT molecular complexity index is 600. The summed E-state index contributed by atoms with van der Waals surface area (Å²) in [6, 6.07) is 3.20. The Morgan fingerprint density at radius 2 is 1.86 bits per heavy atom. The molecular weight excluding hydrogens is 321 g/mol. The number of carboxylic acids is 2. The standard InChI is InChI=1S/C13H11Cl2NO5/c14-8-3-1-7(5-9(8)15)2-4-11(17)16-10(13(20)21)6-12(18)19/h1-5,10H,6H2,(H,16,17)(H,18,19)(H,20,21)/b4-2+/t10-/m0/s1. The second-order valence-electron chi connectivity index (χ2n) is 4.00. The van der Waals surface area contributed by atoms with Crippen molar-refractivity contribution in [2.24, 2.45) is 0 Å². The molecule has 3 N–H and O–H groups in total. The van der Waals surface area contributed by atoms with Crippen LogP contribution in [0.5, 0.6) is 0 Å². The van der Waals surface area contributed by atoms with Crippen molar-refractivity contribution in [3.63, 3.8) is 0 Å². The van der Waals surface area contributed by atoms with E-state index in [0.29, 0.717) is 15.6 Å². The van der Waals surface area contributed by atoms with Crippen LogP contribution in [0.15, 0.2) is 24.3 Å². The molecule has 0 aliphatic heterocycles. The van der Waals surface area contributed by atoms with E-state index in [2.05, 4.69) is 5.32 Å². The van der Waals surface area contributed by atoms with E-state index in [-0.39, 0.29) is 0 Å². The van der Waals surface area contributed by atoms with Crippen molar-refractivity contribution in [1.29, 1.82) is 0 Å². The SMILES string of the molecule is O=C(O)C[C@H](NC(=O)/C=C/c1ccc(Cl)c(Cl)c1)C(=O)O. The maximum Gasteiger partial charge on any atom is 0.326 e. The van der Waals surface area contributed by atoms with Gasteiger partial charge in [-0.15, -0.1) is 0 Å². The molecule has 1 aromatic rings. The molecule has 112 valence electrons. The molecule has 8 heteroatoms. The first-order chi connectivity index (χ1) is 9.79. The van der Waals surface area contributed by atoms with Gasteiger partial charge in [0.05, 0.1) is 16.5 Å². The lowest BCUT2D eigenvalue weighted by molar-refractivity contribution is -0.146. The Hall–Kier alpha value is -2.05. The summed E-state index contributed by atoms with van der Waals surface area (Å²) in [4.78, 5) is 32.8. The molecule has 0 bridgehead atoms. The van der Waals surface area contributed by atoms with Gasteiger partial charge in [0.15, 0.2) is 0 Å². The number of benzene rings is 1. The molecule has 1 aromatic carbocycles. The van der Waals surface area contributed by atoms with Gasteiger partial charge in [0.2, 0.25) is 5.91 Å². The van der Waals surface area contributed by atoms with E-state index < -0.39 is 30.3 Å². The van der Waals surface area contributed by atoms with Crippen LogP contribution in [0.1, 0.15) is 12.0 Å². The van der Waals surface area contributed by atoms with Gasteiger partial charge >= 0.3 is 11.9 Å². The van der Waals surface area contributed by atoms with Gasteiger partial charge in [-0.05, 0) is 23.8 Å². The molecule has 0 unspecified atom stereocenters. The van der Waals surface area contributed by atoms with E-state index in [4.69, 9.17) is 33.4 Å². The zero-order valence-corrected chi connectivity index (χ0v) is 12.1. The third kappa shape index (κ3) is 5.85. The Morgan fingerprint density at radius 1 is 1.19 bits per heavy atom. The first kappa shape index (κ1) is 17.0. The van der Waals surface area contributed by atoms with Crippen molar-refractivity contribution in [1.82, 2.24) is 5.32 Å². The molecule has 0 fully saturated rings. The predicted molar refractivity (Wildman–Crippen MR) is 77.3 cm³/mol. The van der Waals surface area contributed by atoms with Crippen molar-refractivity contribution < 1.29 is 24.6 Å². The molecule has 0 saturated heterocycles. The summed E-state index contributed by atoms with van der Waals surface area (Å²) in [5.74, 6) is -3.47. The predicted octanol–water partition coefficient (Wildman–Crippen LogP) is 2.05. The minimum absolute atomic E-state index is 0.313. The van der Waals surface area contributed by atoms with E-state index >= 15 is 0 Å². The van der Waals surface area contributed by atoms with E-state index in [0.717, 1.165) is 6.08 Å². The summed E-state index contributed by atoms with van der Waals surface area (Å²) in [5, 5.41) is 20.1. The average Bonchev–Trinajstić information content (AvgIpc) is 2.38. The van der Waals surface area contributed by atoms with Crippen LogP contribution in [0.2, 0.25) is 10.0 Å². The van der Waals surface area contributed by atoms with Crippen molar-refractivity contribution in [2.75, 3.05) is 0 Å². The highest BCUT2D eigenvalue weighted by Gasteiger charge is 2.21. The van der Waals surface area contributed by atoms with Crippen molar-refractivity contribution in [3.8, 4) is 0 Å². The Morgan fingerprint density at radius 3 is 2.38 bits per heavy atom. The van der Waals surface area contributed by atoms with Crippen LogP contribution in [0.3, 0.4) is 0 Å². The van der Waals surface area contributed by atoms with Gasteiger partial charge in [-0.2, -0.15) is 0 Å². The maximum atomic E-state index is 11.6. The second-order valence-corrected chi connectivity index (χ2v) is 4.82. The fourth-order valence-corrected chi connectivity index (χ4v) is 1.69. The summed E-state index contributed by atoms with van der Waals surface area (Å²) >= 11 is 11.5. The molecule has 0 radical (unpaired) electrons. The Kier molecular flexibility index (Phi) is 6.20. The summed E-state index contributed by atoms with van der Waals surface area (Å²) in [5.41, 5.74) is 0.588. The maximum absolute atomic E-state index is 11.6. The fourth-order valence-electron chi connectivity index (χ4n) is 1.38. The lowest BCUT2D eigenvalue weighted by Gasteiger charge is -2.10. The fraction of sp³-hybridized carbons (Fsp3) is 0.154. The van der Waals surface area contributed by atoms with E-state index in [1.54, 1.807) is 12.1 Å². The molecule has 0 heterocycles. The lowest BCUT2D eigenvalue weighted by Crippen LogP contribution is -2.41. The van der Waals surface area contributed by atoms with Crippen LogP contribution in [-0.2, 0) is 14.4 Å². The molecule has 0 aliphatic carbocycles. The molecule has 21 heavy (non-hydrogen) atoms. The molecule has 1 rings (SSSR count). The minimum Gasteiger partial charge on any atom is -0.481 e. The van der Waals surface area contributed by atoms with Crippen LogP contribution in [0.4, 0.5) is 0 Å². The first-order valence-electron chi connectivity index (χ1n) is 5.68. The zero-order chi connectivity index (χ0) is 16.0. The third-order valence-electron chi connectivity index (χ3n) is 2.36. The molecule has 0 aliphatic rings. The summed E-state index contributed by atoms with van der Waals surface area (Å²) < 4.78 is 0. The number of hydrogen-bond donors (Lipinski definition) is 3. The van der Waals surface area contributed by atoms with Crippen molar-refractivity contribution in [2.45, 2.75) is 12.5 Å². The number of nitrogens with one attached hydrogen (secondary N) is 1. The summed E-state index contributed by atoms with van der Waals surface area (Å²) in [7, 11) is 0. The topological polar surface area (TPSA) is 104 Å². The molecule has 0 spiro atoms. The summed E-state index contributed by atoms with van der Waals surface area (Å²) in [6.07, 6.45) is 1.77. The number of hydrogen-bond acceptors (Lipinski definition) is 3. The quantitative estimate of drug-likeness (QED) is 0.692. The van der Waals surface area contributed by atoms with Gasteiger partial charge in [0, 0.05) is 6.08 Å².